The van der Waals surface area contributed by atoms with Crippen LogP contribution in [0.25, 0.3) is 0 Å². The molecule has 8 heteroatoms. The summed E-state index contributed by atoms with van der Waals surface area (Å²) in [6, 6.07) is 4.71. The number of carboxylic acids is 1. The van der Waals surface area contributed by atoms with Gasteiger partial charge in [-0.15, -0.1) is 0 Å². The van der Waals surface area contributed by atoms with Crippen molar-refractivity contribution in [2.24, 2.45) is 0 Å². The Kier molecular flexibility index (Phi) is 5.53. The molecule has 0 saturated carbocycles. The first-order chi connectivity index (χ1) is 11.4. The lowest BCUT2D eigenvalue weighted by Crippen LogP contribution is -2.54. The minimum absolute atomic E-state index is 0.265. The highest BCUT2D eigenvalue weighted by Crippen LogP contribution is 2.42. The zero-order valence-corrected chi connectivity index (χ0v) is 15.4. The first-order valence-corrected chi connectivity index (χ1v) is 7.79. The van der Waals surface area contributed by atoms with Crippen LogP contribution < -0.4 is 4.74 Å². The van der Waals surface area contributed by atoms with Gasteiger partial charge in [0.15, 0.2) is 0 Å². The second kappa shape index (κ2) is 6.55. The van der Waals surface area contributed by atoms with E-state index in [2.05, 4.69) is 0 Å². The van der Waals surface area contributed by atoms with E-state index in [-0.39, 0.29) is 5.75 Å². The molecule has 0 heterocycles. The number of aliphatic carboxylic acids is 1. The number of benzene rings is 1. The van der Waals surface area contributed by atoms with Crippen molar-refractivity contribution in [3.8, 4) is 5.75 Å². The molecule has 26 heavy (non-hydrogen) atoms. The summed E-state index contributed by atoms with van der Waals surface area (Å²) in [6.45, 7) is 10.4. The van der Waals surface area contributed by atoms with E-state index in [1.165, 1.54) is 12.1 Å². The van der Waals surface area contributed by atoms with Crippen molar-refractivity contribution in [1.29, 1.82) is 0 Å². The lowest BCUT2D eigenvalue weighted by molar-refractivity contribution is -0.229. The van der Waals surface area contributed by atoms with E-state index in [0.717, 1.165) is 0 Å². The lowest BCUT2D eigenvalue weighted by atomic mass is 9.79. The molecule has 0 aliphatic carbocycles. The Morgan fingerprint density at radius 2 is 1.23 bits per heavy atom. The van der Waals surface area contributed by atoms with Crippen molar-refractivity contribution < 1.29 is 37.0 Å². The first-order valence-electron chi connectivity index (χ1n) is 7.79. The number of hydrogen-bond donors (Lipinski definition) is 1. The molecule has 0 unspecified atom stereocenters. The second-order valence-electron chi connectivity index (χ2n) is 8.03. The van der Waals surface area contributed by atoms with E-state index < -0.39 is 34.6 Å². The minimum atomic E-state index is -5.59. The van der Waals surface area contributed by atoms with Crippen molar-refractivity contribution in [2.75, 3.05) is 0 Å². The maximum Gasteiger partial charge on any atom is 0.416 e. The predicted octanol–water partition coefficient (Wildman–Crippen LogP) is 4.54. The number of carbonyl (C=O) groups is 2. The third kappa shape index (κ3) is 3.99. The minimum Gasteiger partial charge on any atom is -0.477 e. The molecule has 1 rings (SSSR count). The monoisotopic (exact) mass is 378 g/mol. The largest absolute Gasteiger partial charge is 0.477 e. The molecule has 4 nitrogen and oxygen atoms in total. The zero-order chi connectivity index (χ0) is 20.7. The fraction of sp³-hybridized carbons (Fsp3) is 0.556. The van der Waals surface area contributed by atoms with Gasteiger partial charge in [0.1, 0.15) is 5.75 Å². The fourth-order valence-electron chi connectivity index (χ4n) is 2.25. The molecule has 0 aliphatic rings. The van der Waals surface area contributed by atoms with Gasteiger partial charge in [-0.2, -0.15) is 17.6 Å². The Hall–Kier alpha value is -2.12. The van der Waals surface area contributed by atoms with Crippen LogP contribution in [0.2, 0.25) is 0 Å². The van der Waals surface area contributed by atoms with Crippen LogP contribution in [-0.2, 0) is 20.4 Å². The third-order valence-electron chi connectivity index (χ3n) is 3.75. The van der Waals surface area contributed by atoms with Crippen LogP contribution in [0, 0.1) is 0 Å². The smallest absolute Gasteiger partial charge is 0.416 e. The lowest BCUT2D eigenvalue weighted by Gasteiger charge is -2.30. The molecule has 0 atom stereocenters. The normalized spacial score (nSPS) is 13.5. The average molecular weight is 378 g/mol. The van der Waals surface area contributed by atoms with E-state index in [0.29, 0.717) is 11.1 Å². The van der Waals surface area contributed by atoms with Crippen LogP contribution >= 0.6 is 0 Å². The summed E-state index contributed by atoms with van der Waals surface area (Å²) in [7, 11) is 0. The molecule has 1 aromatic carbocycles. The maximum absolute atomic E-state index is 13.8. The molecule has 0 bridgehead atoms. The molecule has 0 spiro atoms. The summed E-state index contributed by atoms with van der Waals surface area (Å²) in [4.78, 5) is 22.3. The Morgan fingerprint density at radius 1 is 0.846 bits per heavy atom. The standard InChI is InChI=1S/C18H22F4O4/c1-15(2,3)10-8-7-9-11(16(4,5)6)12(10)26-14(25)18(21,22)17(19,20)13(23)24/h7-9H,1-6H3,(H,23,24). The van der Waals surface area contributed by atoms with Gasteiger partial charge in [0.25, 0.3) is 0 Å². The van der Waals surface area contributed by atoms with Gasteiger partial charge in [-0.3, -0.25) is 0 Å². The molecule has 0 aliphatic heterocycles. The highest BCUT2D eigenvalue weighted by Gasteiger charge is 2.69. The number of carbonyl (C=O) groups excluding carboxylic acids is 1. The van der Waals surface area contributed by atoms with E-state index in [1.807, 2.05) is 0 Å². The fourth-order valence-corrected chi connectivity index (χ4v) is 2.25. The molecular weight excluding hydrogens is 356 g/mol. The number of alkyl halides is 4. The molecular formula is C18H22F4O4. The highest BCUT2D eigenvalue weighted by atomic mass is 19.3. The number of hydrogen-bond acceptors (Lipinski definition) is 3. The van der Waals surface area contributed by atoms with Gasteiger partial charge in [0.2, 0.25) is 0 Å². The van der Waals surface area contributed by atoms with Crippen LogP contribution in [0.5, 0.6) is 5.75 Å². The van der Waals surface area contributed by atoms with Crippen molar-refractivity contribution in [1.82, 2.24) is 0 Å². The molecule has 1 N–H and O–H groups in total. The van der Waals surface area contributed by atoms with Crippen molar-refractivity contribution in [3.63, 3.8) is 0 Å². The second-order valence-corrected chi connectivity index (χ2v) is 8.03. The van der Waals surface area contributed by atoms with Gasteiger partial charge < -0.3 is 9.84 Å². The van der Waals surface area contributed by atoms with Crippen molar-refractivity contribution in [2.45, 2.75) is 64.2 Å². The predicted molar refractivity (Wildman–Crippen MR) is 87.0 cm³/mol. The Morgan fingerprint density at radius 3 is 1.54 bits per heavy atom. The van der Waals surface area contributed by atoms with Crippen LogP contribution in [0.15, 0.2) is 18.2 Å². The average Bonchev–Trinajstić information content (AvgIpc) is 2.44. The van der Waals surface area contributed by atoms with Crippen LogP contribution in [0.3, 0.4) is 0 Å². The van der Waals surface area contributed by atoms with Gasteiger partial charge >= 0.3 is 23.8 Å². The van der Waals surface area contributed by atoms with Crippen LogP contribution in [0.4, 0.5) is 17.6 Å². The number of halogens is 4. The molecule has 1 aromatic rings. The van der Waals surface area contributed by atoms with Crippen molar-refractivity contribution in [3.05, 3.63) is 29.3 Å². The van der Waals surface area contributed by atoms with E-state index in [4.69, 9.17) is 9.84 Å². The Labute approximate surface area is 149 Å². The number of esters is 1. The topological polar surface area (TPSA) is 63.6 Å². The maximum atomic E-state index is 13.8. The quantitative estimate of drug-likeness (QED) is 0.475. The van der Waals surface area contributed by atoms with Gasteiger partial charge in [-0.1, -0.05) is 59.7 Å². The first kappa shape index (κ1) is 21.9. The molecule has 0 fully saturated rings. The third-order valence-corrected chi connectivity index (χ3v) is 3.75. The van der Waals surface area contributed by atoms with E-state index in [9.17, 15) is 27.2 Å². The SMILES string of the molecule is CC(C)(C)c1cccc(C(C)(C)C)c1OC(=O)C(F)(F)C(F)(F)C(=O)O. The molecule has 0 amide bonds. The van der Waals surface area contributed by atoms with Gasteiger partial charge in [-0.25, -0.2) is 9.59 Å². The molecule has 0 aromatic heterocycles. The zero-order valence-electron chi connectivity index (χ0n) is 15.4. The summed E-state index contributed by atoms with van der Waals surface area (Å²) < 4.78 is 58.9. The summed E-state index contributed by atoms with van der Waals surface area (Å²) in [6.07, 6.45) is 0. The molecule has 146 valence electrons. The highest BCUT2D eigenvalue weighted by molar-refractivity contribution is 5.90. The van der Waals surface area contributed by atoms with Gasteiger partial charge in [0, 0.05) is 11.1 Å². The summed E-state index contributed by atoms with van der Waals surface area (Å²) in [5.74, 6) is -17.1. The van der Waals surface area contributed by atoms with Crippen LogP contribution in [-0.4, -0.2) is 28.9 Å². The van der Waals surface area contributed by atoms with Crippen LogP contribution in [0.1, 0.15) is 52.7 Å². The van der Waals surface area contributed by atoms with E-state index in [1.54, 1.807) is 47.6 Å². The van der Waals surface area contributed by atoms with Crippen molar-refractivity contribution >= 4 is 11.9 Å². The van der Waals surface area contributed by atoms with Gasteiger partial charge in [-0.05, 0) is 10.8 Å². The summed E-state index contributed by atoms with van der Waals surface area (Å²) >= 11 is 0. The summed E-state index contributed by atoms with van der Waals surface area (Å²) in [5.41, 5.74) is -0.594. The van der Waals surface area contributed by atoms with E-state index >= 15 is 0 Å². The summed E-state index contributed by atoms with van der Waals surface area (Å²) in [5, 5.41) is 8.32. The molecule has 0 saturated heterocycles. The molecule has 0 radical (unpaired) electrons. The Balaban J connectivity index is 3.53. The number of carboxylic acid groups (broad SMARTS) is 1. The van der Waals surface area contributed by atoms with Gasteiger partial charge in [0.05, 0.1) is 0 Å². The number of rotatable bonds is 4. The Bertz CT molecular complexity index is 681. The number of ether oxygens (including phenoxy) is 1. The number of para-hydroxylation sites is 1.